The molecule has 0 aliphatic carbocycles. The number of urea groups is 1. The van der Waals surface area contributed by atoms with Gasteiger partial charge in [0.25, 0.3) is 0 Å². The monoisotopic (exact) mass is 297 g/mol. The zero-order valence-corrected chi connectivity index (χ0v) is 11.7. The maximum absolute atomic E-state index is 13.4. The Kier molecular flexibility index (Phi) is 4.72. The zero-order chi connectivity index (χ0) is 15.4. The van der Waals surface area contributed by atoms with Gasteiger partial charge in [-0.2, -0.15) is 0 Å². The third-order valence-corrected chi connectivity index (χ3v) is 3.32. The molecule has 1 aliphatic rings. The molecule has 1 atom stereocenters. The molecule has 1 fully saturated rings. The minimum absolute atomic E-state index is 0.144. The average molecular weight is 297 g/mol. The van der Waals surface area contributed by atoms with Gasteiger partial charge in [0.1, 0.15) is 17.7 Å². The van der Waals surface area contributed by atoms with Crippen molar-refractivity contribution in [3.05, 3.63) is 29.8 Å². The number of nitrogens with zero attached hydrogens (tertiary/aromatic N) is 1. The van der Waals surface area contributed by atoms with E-state index in [1.165, 1.54) is 0 Å². The number of hydrogen-bond acceptors (Lipinski definition) is 2. The maximum atomic E-state index is 13.4. The number of carbonyl (C=O) groups is 2. The van der Waals surface area contributed by atoms with Gasteiger partial charge in [-0.05, 0) is 31.9 Å². The minimum atomic E-state index is -0.872. The predicted octanol–water partition coefficient (Wildman–Crippen LogP) is 2.10. The molecule has 1 aromatic carbocycles. The second-order valence-electron chi connectivity index (χ2n) is 4.98. The Morgan fingerprint density at radius 3 is 2.52 bits per heavy atom. The van der Waals surface area contributed by atoms with Crippen LogP contribution in [0.5, 0.6) is 0 Å². The first-order valence-electron chi connectivity index (χ1n) is 6.79. The van der Waals surface area contributed by atoms with Crippen molar-refractivity contribution in [3.63, 3.8) is 0 Å². The van der Waals surface area contributed by atoms with Crippen LogP contribution in [0.25, 0.3) is 0 Å². The molecule has 0 bridgehead atoms. The first kappa shape index (κ1) is 15.2. The summed E-state index contributed by atoms with van der Waals surface area (Å²) < 4.78 is 26.1. The predicted molar refractivity (Wildman–Crippen MR) is 73.8 cm³/mol. The molecule has 5 nitrogen and oxygen atoms in total. The van der Waals surface area contributed by atoms with Crippen molar-refractivity contribution in [2.24, 2.45) is 0 Å². The minimum Gasteiger partial charge on any atom is -0.341 e. The fraction of sp³-hybridized carbons (Fsp3) is 0.429. The highest BCUT2D eigenvalue weighted by Gasteiger charge is 2.24. The Morgan fingerprint density at radius 2 is 1.90 bits per heavy atom. The van der Waals surface area contributed by atoms with Crippen LogP contribution >= 0.6 is 0 Å². The van der Waals surface area contributed by atoms with E-state index in [-0.39, 0.29) is 11.6 Å². The summed E-state index contributed by atoms with van der Waals surface area (Å²) in [5.74, 6) is -1.76. The van der Waals surface area contributed by atoms with Crippen LogP contribution in [0, 0.1) is 11.6 Å². The van der Waals surface area contributed by atoms with E-state index in [1.54, 1.807) is 11.8 Å². The normalized spacial score (nSPS) is 15.7. The lowest BCUT2D eigenvalue weighted by atomic mass is 10.3. The lowest BCUT2D eigenvalue weighted by Crippen LogP contribution is -2.47. The third kappa shape index (κ3) is 3.90. The molecule has 1 heterocycles. The smallest absolute Gasteiger partial charge is 0.319 e. The number of carbonyl (C=O) groups excluding carboxylic acids is 2. The Bertz CT molecular complexity index is 545. The summed E-state index contributed by atoms with van der Waals surface area (Å²) in [6, 6.07) is 1.43. The standard InChI is InChI=1S/C14H17F2N3O2/c1-9(13(20)19-6-2-3-7-19)17-14(21)18-12-5-4-10(15)8-11(12)16/h4-5,8-9H,2-3,6-7H2,1H3,(H2,17,18,21)/t9-/m1/s1. The number of amides is 3. The molecule has 0 radical (unpaired) electrons. The van der Waals surface area contributed by atoms with Crippen molar-refractivity contribution in [3.8, 4) is 0 Å². The van der Waals surface area contributed by atoms with Gasteiger partial charge in [-0.1, -0.05) is 0 Å². The maximum Gasteiger partial charge on any atom is 0.319 e. The molecule has 0 saturated carbocycles. The number of nitrogens with one attached hydrogen (secondary N) is 2. The molecule has 0 spiro atoms. The van der Waals surface area contributed by atoms with Crippen LogP contribution in [0.1, 0.15) is 19.8 Å². The molecule has 21 heavy (non-hydrogen) atoms. The van der Waals surface area contributed by atoms with Crippen LogP contribution in [0.4, 0.5) is 19.3 Å². The lowest BCUT2D eigenvalue weighted by molar-refractivity contribution is -0.131. The van der Waals surface area contributed by atoms with E-state index in [2.05, 4.69) is 10.6 Å². The van der Waals surface area contributed by atoms with E-state index < -0.39 is 23.7 Å². The molecule has 2 rings (SSSR count). The zero-order valence-electron chi connectivity index (χ0n) is 11.7. The van der Waals surface area contributed by atoms with Crippen molar-refractivity contribution in [1.82, 2.24) is 10.2 Å². The summed E-state index contributed by atoms with van der Waals surface area (Å²) in [4.78, 5) is 25.4. The average Bonchev–Trinajstić information content (AvgIpc) is 2.95. The van der Waals surface area contributed by atoms with Crippen LogP contribution < -0.4 is 10.6 Å². The van der Waals surface area contributed by atoms with Crippen molar-refractivity contribution in [1.29, 1.82) is 0 Å². The number of halogens is 2. The molecule has 7 heteroatoms. The molecule has 2 N–H and O–H groups in total. The second-order valence-corrected chi connectivity index (χ2v) is 4.98. The van der Waals surface area contributed by atoms with Gasteiger partial charge in [-0.15, -0.1) is 0 Å². The first-order chi connectivity index (χ1) is 9.97. The van der Waals surface area contributed by atoms with Gasteiger partial charge in [0.2, 0.25) is 5.91 Å². The van der Waals surface area contributed by atoms with E-state index in [0.29, 0.717) is 19.2 Å². The summed E-state index contributed by atoms with van der Waals surface area (Å²) in [7, 11) is 0. The number of anilines is 1. The van der Waals surface area contributed by atoms with Crippen LogP contribution in [0.3, 0.4) is 0 Å². The van der Waals surface area contributed by atoms with E-state index in [1.807, 2.05) is 0 Å². The van der Waals surface area contributed by atoms with Gasteiger partial charge >= 0.3 is 6.03 Å². The van der Waals surface area contributed by atoms with Crippen LogP contribution in [0.15, 0.2) is 18.2 Å². The largest absolute Gasteiger partial charge is 0.341 e. The molecule has 1 aromatic rings. The Labute approximate surface area is 121 Å². The molecule has 3 amide bonds. The van der Waals surface area contributed by atoms with Gasteiger partial charge in [0.05, 0.1) is 5.69 Å². The van der Waals surface area contributed by atoms with Crippen LogP contribution in [0.2, 0.25) is 0 Å². The molecular weight excluding hydrogens is 280 g/mol. The summed E-state index contributed by atoms with van der Waals surface area (Å²) in [5, 5.41) is 4.70. The summed E-state index contributed by atoms with van der Waals surface area (Å²) in [5.41, 5.74) is -0.144. The van der Waals surface area contributed by atoms with Gasteiger partial charge in [0, 0.05) is 19.2 Å². The van der Waals surface area contributed by atoms with Crippen molar-refractivity contribution in [2.45, 2.75) is 25.8 Å². The molecule has 114 valence electrons. The summed E-state index contributed by atoms with van der Waals surface area (Å²) in [6.07, 6.45) is 1.93. The van der Waals surface area contributed by atoms with Gasteiger partial charge < -0.3 is 15.5 Å². The highest BCUT2D eigenvalue weighted by Crippen LogP contribution is 2.15. The van der Waals surface area contributed by atoms with Crippen LogP contribution in [-0.2, 0) is 4.79 Å². The Balaban J connectivity index is 1.90. The summed E-state index contributed by atoms with van der Waals surface area (Å²) >= 11 is 0. The third-order valence-electron chi connectivity index (χ3n) is 3.32. The number of likely N-dealkylation sites (tertiary alicyclic amines) is 1. The van der Waals surface area contributed by atoms with Crippen LogP contribution in [-0.4, -0.2) is 36.0 Å². The van der Waals surface area contributed by atoms with E-state index in [4.69, 9.17) is 0 Å². The fourth-order valence-electron chi connectivity index (χ4n) is 2.22. The van der Waals surface area contributed by atoms with E-state index >= 15 is 0 Å². The number of hydrogen-bond donors (Lipinski definition) is 2. The van der Waals surface area contributed by atoms with E-state index in [0.717, 1.165) is 25.0 Å². The molecule has 1 aliphatic heterocycles. The molecule has 1 saturated heterocycles. The summed E-state index contributed by atoms with van der Waals surface area (Å²) in [6.45, 7) is 2.96. The Hall–Kier alpha value is -2.18. The quantitative estimate of drug-likeness (QED) is 0.897. The lowest BCUT2D eigenvalue weighted by Gasteiger charge is -2.21. The van der Waals surface area contributed by atoms with Crippen molar-refractivity contribution >= 4 is 17.6 Å². The van der Waals surface area contributed by atoms with Gasteiger partial charge in [-0.25, -0.2) is 13.6 Å². The van der Waals surface area contributed by atoms with Crippen molar-refractivity contribution in [2.75, 3.05) is 18.4 Å². The van der Waals surface area contributed by atoms with Crippen molar-refractivity contribution < 1.29 is 18.4 Å². The second kappa shape index (κ2) is 6.51. The van der Waals surface area contributed by atoms with Gasteiger partial charge in [0.15, 0.2) is 0 Å². The number of benzene rings is 1. The topological polar surface area (TPSA) is 61.4 Å². The first-order valence-corrected chi connectivity index (χ1v) is 6.79. The molecular formula is C14H17F2N3O2. The highest BCUT2D eigenvalue weighted by molar-refractivity contribution is 5.93. The molecule has 0 unspecified atom stereocenters. The Morgan fingerprint density at radius 1 is 1.24 bits per heavy atom. The molecule has 0 aromatic heterocycles. The highest BCUT2D eigenvalue weighted by atomic mass is 19.1. The fourth-order valence-corrected chi connectivity index (χ4v) is 2.22. The SMILES string of the molecule is C[C@@H](NC(=O)Nc1ccc(F)cc1F)C(=O)N1CCCC1. The van der Waals surface area contributed by atoms with E-state index in [9.17, 15) is 18.4 Å². The number of rotatable bonds is 3. The van der Waals surface area contributed by atoms with Gasteiger partial charge in [-0.3, -0.25) is 4.79 Å².